The Balaban J connectivity index is 1.56. The predicted octanol–water partition coefficient (Wildman–Crippen LogP) is 4.07. The third-order valence-electron chi connectivity index (χ3n) is 6.77. The van der Waals surface area contributed by atoms with Crippen molar-refractivity contribution in [3.63, 3.8) is 0 Å². The molecule has 1 saturated heterocycles. The topological polar surface area (TPSA) is 105 Å². The van der Waals surface area contributed by atoms with E-state index in [2.05, 4.69) is 10.6 Å². The smallest absolute Gasteiger partial charge is 0.265 e. The maximum Gasteiger partial charge on any atom is 0.265 e. The predicted molar refractivity (Wildman–Crippen MR) is 135 cm³/mol. The minimum Gasteiger partial charge on any atom is -0.478 e. The summed E-state index contributed by atoms with van der Waals surface area (Å²) in [6.07, 6.45) is 1.04. The molecular weight excluding hydrogens is 466 g/mol. The van der Waals surface area contributed by atoms with Crippen LogP contribution in [-0.2, 0) is 19.6 Å². The van der Waals surface area contributed by atoms with Gasteiger partial charge in [0.15, 0.2) is 6.10 Å². The Bertz CT molecular complexity index is 1270. The lowest BCUT2D eigenvalue weighted by atomic mass is 9.98. The summed E-state index contributed by atoms with van der Waals surface area (Å²) in [6, 6.07) is 7.16. The Morgan fingerprint density at radius 1 is 1.11 bits per heavy atom. The van der Waals surface area contributed by atoms with Crippen LogP contribution in [0.4, 0.5) is 11.4 Å². The minimum atomic E-state index is -3.86. The average molecular weight is 500 g/mol. The van der Waals surface area contributed by atoms with Crippen LogP contribution < -0.4 is 15.4 Å². The fourth-order valence-corrected chi connectivity index (χ4v) is 6.69. The summed E-state index contributed by atoms with van der Waals surface area (Å²) in [4.78, 5) is 25.4. The molecule has 2 aromatic rings. The number of aryl methyl sites for hydroxylation is 4. The van der Waals surface area contributed by atoms with Crippen molar-refractivity contribution >= 4 is 33.2 Å². The van der Waals surface area contributed by atoms with E-state index in [1.165, 1.54) is 10.4 Å². The first-order valence-corrected chi connectivity index (χ1v) is 13.5. The molecule has 0 saturated carbocycles. The zero-order chi connectivity index (χ0) is 25.5. The normalized spacial score (nSPS) is 20.5. The van der Waals surface area contributed by atoms with Gasteiger partial charge in [-0.1, -0.05) is 24.6 Å². The van der Waals surface area contributed by atoms with Crippen LogP contribution in [0.25, 0.3) is 0 Å². The number of rotatable bonds is 5. The summed E-state index contributed by atoms with van der Waals surface area (Å²) >= 11 is 0. The Morgan fingerprint density at radius 3 is 2.46 bits per heavy atom. The van der Waals surface area contributed by atoms with Crippen molar-refractivity contribution < 1.29 is 22.7 Å². The van der Waals surface area contributed by atoms with Crippen LogP contribution in [0.3, 0.4) is 0 Å². The van der Waals surface area contributed by atoms with Crippen LogP contribution in [0.2, 0.25) is 0 Å². The van der Waals surface area contributed by atoms with E-state index >= 15 is 0 Å². The number of nitrogens with zero attached hydrogens (tertiary/aromatic N) is 1. The van der Waals surface area contributed by atoms with Crippen LogP contribution in [0, 0.1) is 33.6 Å². The minimum absolute atomic E-state index is 0.115. The van der Waals surface area contributed by atoms with Crippen molar-refractivity contribution in [2.75, 3.05) is 23.7 Å². The number of hydrogen-bond donors (Lipinski definition) is 2. The first-order chi connectivity index (χ1) is 16.5. The Morgan fingerprint density at radius 2 is 1.80 bits per heavy atom. The van der Waals surface area contributed by atoms with Crippen LogP contribution >= 0.6 is 0 Å². The highest BCUT2D eigenvalue weighted by molar-refractivity contribution is 7.89. The molecule has 2 amide bonds. The molecule has 2 aromatic carbocycles. The summed E-state index contributed by atoms with van der Waals surface area (Å²) in [7, 11) is -3.86. The van der Waals surface area contributed by atoms with Crippen LogP contribution in [0.5, 0.6) is 5.75 Å². The molecule has 0 aromatic heterocycles. The van der Waals surface area contributed by atoms with Gasteiger partial charge in [-0.15, -0.1) is 0 Å². The van der Waals surface area contributed by atoms with Gasteiger partial charge in [0.05, 0.1) is 16.5 Å². The Labute approximate surface area is 207 Å². The van der Waals surface area contributed by atoms with E-state index < -0.39 is 22.0 Å². The molecule has 4 rings (SSSR count). The molecule has 2 heterocycles. The molecule has 8 nitrogen and oxygen atoms in total. The van der Waals surface area contributed by atoms with Crippen molar-refractivity contribution in [1.82, 2.24) is 4.31 Å². The Hall–Kier alpha value is -2.91. The SMILES string of the molecule is CCC1Oc2cc(S(=O)(=O)N3CCCC(C(=O)Nc4c(C)cc(C)cc4C)C3)c(C)cc2NC1=O. The lowest BCUT2D eigenvalue weighted by molar-refractivity contribution is -0.123. The van der Waals surface area contributed by atoms with Gasteiger partial charge >= 0.3 is 0 Å². The fraction of sp³-hybridized carbons (Fsp3) is 0.462. The number of carbonyl (C=O) groups excluding carboxylic acids is 2. The van der Waals surface area contributed by atoms with E-state index in [0.29, 0.717) is 42.8 Å². The molecule has 0 bridgehead atoms. The highest BCUT2D eigenvalue weighted by atomic mass is 32.2. The van der Waals surface area contributed by atoms with Crippen molar-refractivity contribution in [3.8, 4) is 5.75 Å². The quantitative estimate of drug-likeness (QED) is 0.645. The molecule has 2 N–H and O–H groups in total. The van der Waals surface area contributed by atoms with E-state index in [1.54, 1.807) is 13.0 Å². The molecular formula is C26H33N3O5S. The number of nitrogens with one attached hydrogen (secondary N) is 2. The molecule has 35 heavy (non-hydrogen) atoms. The maximum atomic E-state index is 13.6. The molecule has 0 spiro atoms. The van der Waals surface area contributed by atoms with Gasteiger partial charge in [0.25, 0.3) is 5.91 Å². The second kappa shape index (κ2) is 9.62. The van der Waals surface area contributed by atoms with E-state index in [4.69, 9.17) is 4.74 Å². The van der Waals surface area contributed by atoms with Crippen LogP contribution in [0.15, 0.2) is 29.2 Å². The van der Waals surface area contributed by atoms with Crippen molar-refractivity contribution in [1.29, 1.82) is 0 Å². The van der Waals surface area contributed by atoms with Crippen LogP contribution in [0.1, 0.15) is 48.4 Å². The van der Waals surface area contributed by atoms with Gasteiger partial charge in [-0.05, 0) is 69.7 Å². The number of anilines is 2. The van der Waals surface area contributed by atoms with E-state index in [9.17, 15) is 18.0 Å². The summed E-state index contributed by atoms with van der Waals surface area (Å²) < 4.78 is 34.4. The number of benzene rings is 2. The summed E-state index contributed by atoms with van der Waals surface area (Å²) in [5.41, 5.74) is 4.87. The van der Waals surface area contributed by atoms with Gasteiger partial charge in [0.1, 0.15) is 5.75 Å². The van der Waals surface area contributed by atoms with Gasteiger partial charge in [0, 0.05) is 24.8 Å². The number of carbonyl (C=O) groups is 2. The summed E-state index contributed by atoms with van der Waals surface area (Å²) in [5.74, 6) is -0.508. The van der Waals surface area contributed by atoms with Gasteiger partial charge in [-0.3, -0.25) is 9.59 Å². The zero-order valence-corrected chi connectivity index (χ0v) is 21.7. The Kier molecular flexibility index (Phi) is 6.92. The van der Waals surface area contributed by atoms with Gasteiger partial charge in [-0.25, -0.2) is 8.42 Å². The zero-order valence-electron chi connectivity index (χ0n) is 20.9. The average Bonchev–Trinajstić information content (AvgIpc) is 2.80. The lowest BCUT2D eigenvalue weighted by Crippen LogP contribution is -2.44. The molecule has 188 valence electrons. The number of amides is 2. The second-order valence-electron chi connectivity index (χ2n) is 9.58. The summed E-state index contributed by atoms with van der Waals surface area (Å²) in [6.45, 7) is 9.92. The number of fused-ring (bicyclic) bond motifs is 1. The monoisotopic (exact) mass is 499 g/mol. The lowest BCUT2D eigenvalue weighted by Gasteiger charge is -2.32. The number of hydrogen-bond acceptors (Lipinski definition) is 5. The molecule has 9 heteroatoms. The number of sulfonamides is 1. The largest absolute Gasteiger partial charge is 0.478 e. The van der Waals surface area contributed by atoms with E-state index in [-0.39, 0.29) is 23.3 Å². The van der Waals surface area contributed by atoms with Gasteiger partial charge in [-0.2, -0.15) is 4.31 Å². The van der Waals surface area contributed by atoms with Crippen molar-refractivity contribution in [2.24, 2.45) is 5.92 Å². The molecule has 1 fully saturated rings. The number of piperidine rings is 1. The third-order valence-corrected chi connectivity index (χ3v) is 8.77. The molecule has 2 unspecified atom stereocenters. The van der Waals surface area contributed by atoms with Crippen molar-refractivity contribution in [2.45, 2.75) is 64.9 Å². The highest BCUT2D eigenvalue weighted by Gasteiger charge is 2.36. The highest BCUT2D eigenvalue weighted by Crippen LogP contribution is 2.37. The maximum absolute atomic E-state index is 13.6. The fourth-order valence-electron chi connectivity index (χ4n) is 4.95. The van der Waals surface area contributed by atoms with E-state index in [1.807, 2.05) is 39.8 Å². The molecule has 0 radical (unpaired) electrons. The molecule has 2 aliphatic heterocycles. The first-order valence-electron chi connectivity index (χ1n) is 12.0. The first kappa shape index (κ1) is 25.2. The molecule has 2 atom stereocenters. The van der Waals surface area contributed by atoms with E-state index in [0.717, 1.165) is 22.4 Å². The molecule has 2 aliphatic rings. The van der Waals surface area contributed by atoms with Gasteiger partial charge in [0.2, 0.25) is 15.9 Å². The van der Waals surface area contributed by atoms with Gasteiger partial charge < -0.3 is 15.4 Å². The van der Waals surface area contributed by atoms with Crippen LogP contribution in [-0.4, -0.2) is 43.7 Å². The molecule has 0 aliphatic carbocycles. The number of ether oxygens (including phenoxy) is 1. The second-order valence-corrected chi connectivity index (χ2v) is 11.5. The van der Waals surface area contributed by atoms with Crippen molar-refractivity contribution in [3.05, 3.63) is 46.5 Å². The standard InChI is InChI=1S/C26H33N3O5S/c1-6-21-26(31)27-20-12-16(3)23(13-22(20)34-21)35(32,33)29-9-7-8-19(14-29)25(30)28-24-17(4)10-15(2)11-18(24)5/h10-13,19,21H,6-9,14H2,1-5H3,(H,27,31)(H,28,30). The third kappa shape index (κ3) is 4.92. The summed E-state index contributed by atoms with van der Waals surface area (Å²) in [5, 5.41) is 5.83.